The third kappa shape index (κ3) is 3.53. The zero-order chi connectivity index (χ0) is 14.8. The summed E-state index contributed by atoms with van der Waals surface area (Å²) in [5.41, 5.74) is 9.13. The molecule has 0 fully saturated rings. The van der Waals surface area contributed by atoms with Crippen molar-refractivity contribution < 1.29 is 4.74 Å². The number of nitrogens with two attached hydrogens (primary N) is 1. The van der Waals surface area contributed by atoms with E-state index in [0.29, 0.717) is 0 Å². The molecule has 0 heterocycles. The highest BCUT2D eigenvalue weighted by Crippen LogP contribution is 2.27. The standard InChI is InChI=1S/C18H23NO/c1-13(14-6-5-7-16(19)12-14)20-17-10-8-15(9-11-17)18(2,3)4/h5-13H,19H2,1-4H3. The van der Waals surface area contributed by atoms with Crippen molar-refractivity contribution in [2.45, 2.75) is 39.2 Å². The third-order valence-corrected chi connectivity index (χ3v) is 3.41. The lowest BCUT2D eigenvalue weighted by atomic mass is 9.87. The predicted octanol–water partition coefficient (Wildman–Crippen LogP) is 4.71. The topological polar surface area (TPSA) is 35.2 Å². The summed E-state index contributed by atoms with van der Waals surface area (Å²) in [7, 11) is 0. The van der Waals surface area contributed by atoms with Crippen LogP contribution in [-0.2, 0) is 5.41 Å². The molecule has 0 amide bonds. The Labute approximate surface area is 121 Å². The average molecular weight is 269 g/mol. The SMILES string of the molecule is CC(Oc1ccc(C(C)(C)C)cc1)c1cccc(N)c1. The lowest BCUT2D eigenvalue weighted by Crippen LogP contribution is -2.10. The van der Waals surface area contributed by atoms with Crippen LogP contribution < -0.4 is 10.5 Å². The molecule has 0 aliphatic rings. The number of hydrogen-bond acceptors (Lipinski definition) is 2. The fourth-order valence-electron chi connectivity index (χ4n) is 2.12. The number of hydrogen-bond donors (Lipinski definition) is 1. The molecule has 0 aliphatic carbocycles. The molecule has 1 unspecified atom stereocenters. The van der Waals surface area contributed by atoms with Gasteiger partial charge >= 0.3 is 0 Å². The number of rotatable bonds is 3. The van der Waals surface area contributed by atoms with Gasteiger partial charge in [-0.1, -0.05) is 45.0 Å². The van der Waals surface area contributed by atoms with Crippen molar-refractivity contribution in [3.8, 4) is 5.75 Å². The van der Waals surface area contributed by atoms with E-state index in [4.69, 9.17) is 10.5 Å². The van der Waals surface area contributed by atoms with Crippen LogP contribution in [0.5, 0.6) is 5.75 Å². The summed E-state index contributed by atoms with van der Waals surface area (Å²) in [6, 6.07) is 16.1. The lowest BCUT2D eigenvalue weighted by Gasteiger charge is -2.20. The zero-order valence-electron chi connectivity index (χ0n) is 12.7. The molecule has 0 saturated heterocycles. The van der Waals surface area contributed by atoms with Crippen molar-refractivity contribution in [1.29, 1.82) is 0 Å². The van der Waals surface area contributed by atoms with E-state index >= 15 is 0 Å². The molecule has 0 radical (unpaired) electrons. The van der Waals surface area contributed by atoms with Crippen LogP contribution in [0, 0.1) is 0 Å². The second-order valence-electron chi connectivity index (χ2n) is 6.20. The monoisotopic (exact) mass is 269 g/mol. The highest BCUT2D eigenvalue weighted by atomic mass is 16.5. The van der Waals surface area contributed by atoms with Crippen LogP contribution >= 0.6 is 0 Å². The van der Waals surface area contributed by atoms with Crippen molar-refractivity contribution in [2.24, 2.45) is 0 Å². The first-order valence-electron chi connectivity index (χ1n) is 6.99. The van der Waals surface area contributed by atoms with Crippen molar-refractivity contribution >= 4 is 5.69 Å². The molecule has 0 spiro atoms. The van der Waals surface area contributed by atoms with Gasteiger partial charge in [-0.2, -0.15) is 0 Å². The van der Waals surface area contributed by atoms with Gasteiger partial charge < -0.3 is 10.5 Å². The molecule has 2 aromatic rings. The van der Waals surface area contributed by atoms with Gasteiger partial charge in [0.2, 0.25) is 0 Å². The van der Waals surface area contributed by atoms with Crippen LogP contribution in [-0.4, -0.2) is 0 Å². The Kier molecular flexibility index (Phi) is 4.03. The summed E-state index contributed by atoms with van der Waals surface area (Å²) in [5.74, 6) is 0.882. The Morgan fingerprint density at radius 1 is 1.00 bits per heavy atom. The largest absolute Gasteiger partial charge is 0.486 e. The van der Waals surface area contributed by atoms with E-state index in [2.05, 4.69) is 32.9 Å². The maximum Gasteiger partial charge on any atom is 0.121 e. The Bertz CT molecular complexity index is 567. The van der Waals surface area contributed by atoms with Gasteiger partial charge in [0, 0.05) is 5.69 Å². The van der Waals surface area contributed by atoms with Gasteiger partial charge in [-0.25, -0.2) is 0 Å². The van der Waals surface area contributed by atoms with Gasteiger partial charge in [-0.05, 0) is 47.7 Å². The summed E-state index contributed by atoms with van der Waals surface area (Å²) in [5, 5.41) is 0. The van der Waals surface area contributed by atoms with Gasteiger partial charge in [-0.15, -0.1) is 0 Å². The molecule has 0 saturated carbocycles. The van der Waals surface area contributed by atoms with Gasteiger partial charge in [0.05, 0.1) is 0 Å². The summed E-state index contributed by atoms with van der Waals surface area (Å²) in [4.78, 5) is 0. The summed E-state index contributed by atoms with van der Waals surface area (Å²) in [6.45, 7) is 8.65. The summed E-state index contributed by atoms with van der Waals surface area (Å²) < 4.78 is 5.97. The molecule has 20 heavy (non-hydrogen) atoms. The molecule has 0 aromatic heterocycles. The molecular weight excluding hydrogens is 246 g/mol. The quantitative estimate of drug-likeness (QED) is 0.819. The van der Waals surface area contributed by atoms with Crippen molar-refractivity contribution in [3.63, 3.8) is 0 Å². The fourth-order valence-corrected chi connectivity index (χ4v) is 2.12. The maximum absolute atomic E-state index is 5.97. The van der Waals surface area contributed by atoms with Crippen molar-refractivity contribution in [3.05, 3.63) is 59.7 Å². The number of anilines is 1. The molecule has 2 rings (SSSR count). The number of benzene rings is 2. The molecule has 2 heteroatoms. The minimum Gasteiger partial charge on any atom is -0.486 e. The van der Waals surface area contributed by atoms with E-state index in [1.54, 1.807) is 0 Å². The Morgan fingerprint density at radius 3 is 2.20 bits per heavy atom. The van der Waals surface area contributed by atoms with Gasteiger partial charge in [0.1, 0.15) is 11.9 Å². The van der Waals surface area contributed by atoms with Gasteiger partial charge in [0.25, 0.3) is 0 Å². The number of nitrogen functional groups attached to an aromatic ring is 1. The van der Waals surface area contributed by atoms with Gasteiger partial charge in [-0.3, -0.25) is 0 Å². The Hall–Kier alpha value is -1.96. The molecular formula is C18H23NO. The van der Waals surface area contributed by atoms with Crippen LogP contribution in [0.2, 0.25) is 0 Å². The average Bonchev–Trinajstić information content (AvgIpc) is 2.38. The lowest BCUT2D eigenvalue weighted by molar-refractivity contribution is 0.227. The van der Waals surface area contributed by atoms with Crippen molar-refractivity contribution in [1.82, 2.24) is 0 Å². The molecule has 2 nitrogen and oxygen atoms in total. The van der Waals surface area contributed by atoms with Crippen molar-refractivity contribution in [2.75, 3.05) is 5.73 Å². The normalized spacial score (nSPS) is 13.0. The Balaban J connectivity index is 2.10. The second kappa shape index (κ2) is 5.58. The van der Waals surface area contributed by atoms with E-state index in [0.717, 1.165) is 17.0 Å². The molecule has 2 aromatic carbocycles. The first-order chi connectivity index (χ1) is 9.36. The minimum atomic E-state index is -0.0148. The Morgan fingerprint density at radius 2 is 1.65 bits per heavy atom. The summed E-state index contributed by atoms with van der Waals surface area (Å²) >= 11 is 0. The van der Waals surface area contributed by atoms with E-state index < -0.39 is 0 Å². The highest BCUT2D eigenvalue weighted by Gasteiger charge is 2.13. The fraction of sp³-hybridized carbons (Fsp3) is 0.333. The molecule has 0 bridgehead atoms. The van der Waals surface area contributed by atoms with E-state index in [1.807, 2.05) is 43.3 Å². The maximum atomic E-state index is 5.97. The first-order valence-corrected chi connectivity index (χ1v) is 6.99. The van der Waals surface area contributed by atoms with Crippen LogP contribution in [0.4, 0.5) is 5.69 Å². The molecule has 2 N–H and O–H groups in total. The van der Waals surface area contributed by atoms with E-state index in [-0.39, 0.29) is 11.5 Å². The predicted molar refractivity (Wildman–Crippen MR) is 85.0 cm³/mol. The smallest absolute Gasteiger partial charge is 0.121 e. The van der Waals surface area contributed by atoms with Crippen LogP contribution in [0.1, 0.15) is 44.9 Å². The number of ether oxygens (including phenoxy) is 1. The highest BCUT2D eigenvalue weighted by molar-refractivity contribution is 5.41. The third-order valence-electron chi connectivity index (χ3n) is 3.41. The molecule has 0 aliphatic heterocycles. The second-order valence-corrected chi connectivity index (χ2v) is 6.20. The first kappa shape index (κ1) is 14.4. The summed E-state index contributed by atoms with van der Waals surface area (Å²) in [6.07, 6.45) is -0.0148. The molecule has 1 atom stereocenters. The van der Waals surface area contributed by atoms with Crippen LogP contribution in [0.15, 0.2) is 48.5 Å². The molecule has 106 valence electrons. The van der Waals surface area contributed by atoms with E-state index in [1.165, 1.54) is 5.56 Å². The van der Waals surface area contributed by atoms with Gasteiger partial charge in [0.15, 0.2) is 0 Å². The van der Waals surface area contributed by atoms with E-state index in [9.17, 15) is 0 Å². The van der Waals surface area contributed by atoms with Crippen LogP contribution in [0.3, 0.4) is 0 Å². The minimum absolute atomic E-state index is 0.0148. The zero-order valence-corrected chi connectivity index (χ0v) is 12.7. The van der Waals surface area contributed by atoms with Crippen LogP contribution in [0.25, 0.3) is 0 Å².